The number of hydrogen-bond acceptors (Lipinski definition) is 5. The lowest BCUT2D eigenvalue weighted by Gasteiger charge is -2.24. The zero-order valence-corrected chi connectivity index (χ0v) is 13.8. The number of pyridine rings is 1. The number of carbonyl (C=O) groups is 2. The molecule has 1 amide bonds. The third-order valence-corrected chi connectivity index (χ3v) is 4.50. The number of amides is 1. The molecule has 0 saturated heterocycles. The zero-order valence-electron chi connectivity index (χ0n) is 13.0. The van der Waals surface area contributed by atoms with Gasteiger partial charge in [-0.15, -0.1) is 11.8 Å². The van der Waals surface area contributed by atoms with Crippen molar-refractivity contribution < 1.29 is 14.3 Å². The number of esters is 1. The summed E-state index contributed by atoms with van der Waals surface area (Å²) < 4.78 is 5.28. The van der Waals surface area contributed by atoms with Gasteiger partial charge in [0.15, 0.2) is 6.10 Å². The average molecular weight is 322 g/mol. The average Bonchev–Trinajstić information content (AvgIpc) is 2.55. The first kappa shape index (κ1) is 16.8. The molecule has 6 heteroatoms. The molecule has 1 heterocycles. The van der Waals surface area contributed by atoms with Gasteiger partial charge in [-0.05, 0) is 38.2 Å². The van der Waals surface area contributed by atoms with Gasteiger partial charge in [0, 0.05) is 12.2 Å². The standard InChI is InChI=1S/C16H22N2O3S/c1-11(14(19)18-12-7-4-3-5-8-12)21-16(20)13-9-6-10-17-15(13)22-2/h6,9-12H,3-5,7-8H2,1-2H3,(H,18,19). The highest BCUT2D eigenvalue weighted by atomic mass is 32.2. The van der Waals surface area contributed by atoms with Crippen molar-refractivity contribution in [3.63, 3.8) is 0 Å². The molecule has 0 radical (unpaired) electrons. The third kappa shape index (κ3) is 4.47. The zero-order chi connectivity index (χ0) is 15.9. The highest BCUT2D eigenvalue weighted by Crippen LogP contribution is 2.19. The van der Waals surface area contributed by atoms with Crippen LogP contribution >= 0.6 is 11.8 Å². The van der Waals surface area contributed by atoms with Crippen LogP contribution in [-0.2, 0) is 9.53 Å². The molecule has 1 aliphatic rings. The van der Waals surface area contributed by atoms with Gasteiger partial charge < -0.3 is 10.1 Å². The number of aromatic nitrogens is 1. The maximum atomic E-state index is 12.2. The summed E-state index contributed by atoms with van der Waals surface area (Å²) >= 11 is 1.38. The summed E-state index contributed by atoms with van der Waals surface area (Å²) in [4.78, 5) is 28.4. The number of nitrogens with one attached hydrogen (secondary N) is 1. The van der Waals surface area contributed by atoms with Gasteiger partial charge in [0.05, 0.1) is 5.56 Å². The van der Waals surface area contributed by atoms with Crippen LogP contribution in [0, 0.1) is 0 Å². The fraction of sp³-hybridized carbons (Fsp3) is 0.562. The molecular weight excluding hydrogens is 300 g/mol. The maximum Gasteiger partial charge on any atom is 0.341 e. The Hall–Kier alpha value is -1.56. The first-order chi connectivity index (χ1) is 10.6. The van der Waals surface area contributed by atoms with Crippen molar-refractivity contribution in [1.29, 1.82) is 0 Å². The molecule has 120 valence electrons. The van der Waals surface area contributed by atoms with E-state index in [9.17, 15) is 9.59 Å². The van der Waals surface area contributed by atoms with Crippen molar-refractivity contribution >= 4 is 23.6 Å². The third-order valence-electron chi connectivity index (χ3n) is 3.79. The summed E-state index contributed by atoms with van der Waals surface area (Å²) in [5.41, 5.74) is 0.396. The number of ether oxygens (including phenoxy) is 1. The Morgan fingerprint density at radius 2 is 2.09 bits per heavy atom. The predicted octanol–water partition coefficient (Wildman–Crippen LogP) is 2.80. The lowest BCUT2D eigenvalue weighted by Crippen LogP contribution is -2.42. The maximum absolute atomic E-state index is 12.2. The van der Waals surface area contributed by atoms with E-state index in [2.05, 4.69) is 10.3 Å². The van der Waals surface area contributed by atoms with E-state index in [1.807, 2.05) is 6.26 Å². The van der Waals surface area contributed by atoms with Crippen LogP contribution in [0.15, 0.2) is 23.4 Å². The lowest BCUT2D eigenvalue weighted by molar-refractivity contribution is -0.130. The van der Waals surface area contributed by atoms with E-state index in [0.29, 0.717) is 10.6 Å². The Morgan fingerprint density at radius 1 is 1.36 bits per heavy atom. The van der Waals surface area contributed by atoms with Gasteiger partial charge in [-0.2, -0.15) is 0 Å². The molecule has 1 atom stereocenters. The van der Waals surface area contributed by atoms with Gasteiger partial charge in [0.1, 0.15) is 5.03 Å². The fourth-order valence-corrected chi connectivity index (χ4v) is 3.09. The molecule has 1 aromatic heterocycles. The molecule has 0 aromatic carbocycles. The molecule has 22 heavy (non-hydrogen) atoms. The highest BCUT2D eigenvalue weighted by Gasteiger charge is 2.23. The minimum atomic E-state index is -0.802. The van der Waals surface area contributed by atoms with Crippen LogP contribution in [0.1, 0.15) is 49.4 Å². The molecule has 1 unspecified atom stereocenters. The van der Waals surface area contributed by atoms with Gasteiger partial charge in [0.2, 0.25) is 0 Å². The highest BCUT2D eigenvalue weighted by molar-refractivity contribution is 7.98. The normalized spacial score (nSPS) is 16.8. The molecule has 1 N–H and O–H groups in total. The second-order valence-corrected chi connectivity index (χ2v) is 6.25. The largest absolute Gasteiger partial charge is 0.449 e. The van der Waals surface area contributed by atoms with Crippen LogP contribution < -0.4 is 5.32 Å². The second kappa shape index (κ2) is 8.17. The van der Waals surface area contributed by atoms with Crippen LogP contribution in [0.25, 0.3) is 0 Å². The second-order valence-electron chi connectivity index (χ2n) is 5.45. The van der Waals surface area contributed by atoms with E-state index in [1.165, 1.54) is 18.2 Å². The first-order valence-electron chi connectivity index (χ1n) is 7.62. The van der Waals surface area contributed by atoms with Crippen molar-refractivity contribution in [1.82, 2.24) is 10.3 Å². The summed E-state index contributed by atoms with van der Waals surface area (Å²) in [5.74, 6) is -0.737. The Balaban J connectivity index is 1.91. The van der Waals surface area contributed by atoms with Gasteiger partial charge >= 0.3 is 5.97 Å². The molecule has 1 aliphatic carbocycles. The molecule has 1 fully saturated rings. The SMILES string of the molecule is CSc1ncccc1C(=O)OC(C)C(=O)NC1CCCCC1. The summed E-state index contributed by atoms with van der Waals surface area (Å²) in [5, 5.41) is 3.57. The van der Waals surface area contributed by atoms with Crippen molar-refractivity contribution in [3.8, 4) is 0 Å². The first-order valence-corrected chi connectivity index (χ1v) is 8.84. The predicted molar refractivity (Wildman–Crippen MR) is 85.9 cm³/mol. The van der Waals surface area contributed by atoms with Crippen LogP contribution in [0.5, 0.6) is 0 Å². The van der Waals surface area contributed by atoms with Gasteiger partial charge in [-0.3, -0.25) is 4.79 Å². The Bertz CT molecular complexity index is 530. The van der Waals surface area contributed by atoms with Gasteiger partial charge in [0.25, 0.3) is 5.91 Å². The fourth-order valence-electron chi connectivity index (χ4n) is 2.55. The number of carbonyl (C=O) groups excluding carboxylic acids is 2. The number of nitrogens with zero attached hydrogens (tertiary/aromatic N) is 1. The van der Waals surface area contributed by atoms with Crippen molar-refractivity contribution in [2.45, 2.75) is 56.2 Å². The quantitative estimate of drug-likeness (QED) is 0.667. The van der Waals surface area contributed by atoms with E-state index in [0.717, 1.165) is 25.7 Å². The van der Waals surface area contributed by atoms with E-state index in [-0.39, 0.29) is 11.9 Å². The monoisotopic (exact) mass is 322 g/mol. The van der Waals surface area contributed by atoms with Gasteiger partial charge in [-0.1, -0.05) is 19.3 Å². The van der Waals surface area contributed by atoms with Crippen molar-refractivity contribution in [3.05, 3.63) is 23.9 Å². The lowest BCUT2D eigenvalue weighted by atomic mass is 9.95. The summed E-state index contributed by atoms with van der Waals surface area (Å²) in [6.45, 7) is 1.60. The van der Waals surface area contributed by atoms with Gasteiger partial charge in [-0.25, -0.2) is 9.78 Å². The Morgan fingerprint density at radius 3 is 2.77 bits per heavy atom. The molecule has 0 aliphatic heterocycles. The molecule has 5 nitrogen and oxygen atoms in total. The van der Waals surface area contributed by atoms with E-state index in [1.54, 1.807) is 25.3 Å². The summed E-state index contributed by atoms with van der Waals surface area (Å²) in [6.07, 6.45) is 8.20. The van der Waals surface area contributed by atoms with Crippen LogP contribution in [0.4, 0.5) is 0 Å². The smallest absolute Gasteiger partial charge is 0.341 e. The Labute approximate surface area is 135 Å². The van der Waals surface area contributed by atoms with E-state index < -0.39 is 12.1 Å². The summed E-state index contributed by atoms with van der Waals surface area (Å²) in [7, 11) is 0. The summed E-state index contributed by atoms with van der Waals surface area (Å²) in [6, 6.07) is 3.55. The molecular formula is C16H22N2O3S. The minimum Gasteiger partial charge on any atom is -0.449 e. The van der Waals surface area contributed by atoms with Crippen LogP contribution in [0.3, 0.4) is 0 Å². The van der Waals surface area contributed by atoms with E-state index >= 15 is 0 Å². The molecule has 0 bridgehead atoms. The Kier molecular flexibility index (Phi) is 6.24. The topological polar surface area (TPSA) is 68.3 Å². The van der Waals surface area contributed by atoms with Crippen LogP contribution in [0.2, 0.25) is 0 Å². The number of rotatable bonds is 5. The molecule has 2 rings (SSSR count). The molecule has 0 spiro atoms. The number of hydrogen-bond donors (Lipinski definition) is 1. The molecule has 1 saturated carbocycles. The minimum absolute atomic E-state index is 0.211. The van der Waals surface area contributed by atoms with Crippen LogP contribution in [-0.4, -0.2) is 35.3 Å². The number of thioether (sulfide) groups is 1. The van der Waals surface area contributed by atoms with Crippen molar-refractivity contribution in [2.24, 2.45) is 0 Å². The van der Waals surface area contributed by atoms with E-state index in [4.69, 9.17) is 4.74 Å². The van der Waals surface area contributed by atoms with Crippen molar-refractivity contribution in [2.75, 3.05) is 6.26 Å². The molecule has 1 aromatic rings.